The predicted molar refractivity (Wildman–Crippen MR) is 94.5 cm³/mol. The number of carbonyl (C=O) groups is 1. The highest BCUT2D eigenvalue weighted by Crippen LogP contribution is 2.18. The summed E-state index contributed by atoms with van der Waals surface area (Å²) < 4.78 is 0. The molecule has 0 fully saturated rings. The molecule has 0 bridgehead atoms. The molecule has 4 nitrogen and oxygen atoms in total. The summed E-state index contributed by atoms with van der Waals surface area (Å²) in [5.74, 6) is -0.288. The molecule has 2 aromatic carbocycles. The molecule has 1 N–H and O–H groups in total. The molecule has 0 aliphatic heterocycles. The minimum absolute atomic E-state index is 0.128. The number of fused-ring (bicyclic) bond motifs is 2. The van der Waals surface area contributed by atoms with Crippen LogP contribution in [0.4, 0.5) is 0 Å². The predicted octanol–water partition coefficient (Wildman–Crippen LogP) is 3.62. The normalized spacial score (nSPS) is 11.0. The van der Waals surface area contributed by atoms with Gasteiger partial charge in [-0.2, -0.15) is 0 Å². The van der Waals surface area contributed by atoms with Crippen LogP contribution in [0.15, 0.2) is 65.7 Å². The van der Waals surface area contributed by atoms with Crippen molar-refractivity contribution in [3.05, 3.63) is 88.0 Å². The van der Waals surface area contributed by atoms with Crippen LogP contribution in [0, 0.1) is 6.92 Å². The fourth-order valence-corrected chi connectivity index (χ4v) is 2.88. The first-order valence-electron chi connectivity index (χ1n) is 7.65. The van der Waals surface area contributed by atoms with E-state index >= 15 is 0 Å². The molecule has 0 unspecified atom stereocenters. The van der Waals surface area contributed by atoms with E-state index < -0.39 is 0 Å². The molecule has 4 heteroatoms. The summed E-state index contributed by atoms with van der Waals surface area (Å²) in [6.45, 7) is 1.85. The van der Waals surface area contributed by atoms with Gasteiger partial charge in [-0.3, -0.25) is 14.6 Å². The zero-order valence-electron chi connectivity index (χ0n) is 13.0. The Morgan fingerprint density at radius 1 is 1.04 bits per heavy atom. The van der Waals surface area contributed by atoms with Crippen molar-refractivity contribution in [2.45, 2.75) is 6.92 Å². The van der Waals surface area contributed by atoms with E-state index in [1.807, 2.05) is 43.3 Å². The van der Waals surface area contributed by atoms with Gasteiger partial charge in [-0.05, 0) is 29.8 Å². The molecular weight excluding hydrogens is 300 g/mol. The molecule has 2 heterocycles. The van der Waals surface area contributed by atoms with Crippen molar-refractivity contribution < 1.29 is 4.79 Å². The second kappa shape index (κ2) is 5.42. The van der Waals surface area contributed by atoms with Crippen LogP contribution < -0.4 is 5.43 Å². The van der Waals surface area contributed by atoms with Crippen LogP contribution in [0.3, 0.4) is 0 Å². The zero-order chi connectivity index (χ0) is 16.7. The Bertz CT molecular complexity index is 1160. The summed E-state index contributed by atoms with van der Waals surface area (Å²) >= 11 is 0. The summed E-state index contributed by atoms with van der Waals surface area (Å²) in [7, 11) is 0. The van der Waals surface area contributed by atoms with Crippen molar-refractivity contribution in [3.63, 3.8) is 0 Å². The van der Waals surface area contributed by atoms with Crippen molar-refractivity contribution in [1.29, 1.82) is 0 Å². The Hall–Kier alpha value is -3.27. The molecule has 0 saturated heterocycles. The van der Waals surface area contributed by atoms with Gasteiger partial charge in [0, 0.05) is 23.7 Å². The van der Waals surface area contributed by atoms with Gasteiger partial charge in [-0.15, -0.1) is 0 Å². The number of ketones is 1. The Kier molecular flexibility index (Phi) is 3.24. The Morgan fingerprint density at radius 2 is 1.83 bits per heavy atom. The van der Waals surface area contributed by atoms with Gasteiger partial charge < -0.3 is 4.98 Å². The van der Waals surface area contributed by atoms with Crippen molar-refractivity contribution in [2.24, 2.45) is 0 Å². The maximum Gasteiger partial charge on any atom is 0.202 e. The number of nitrogens with one attached hydrogen (secondary N) is 1. The number of aryl methyl sites for hydroxylation is 1. The van der Waals surface area contributed by atoms with Gasteiger partial charge in [0.2, 0.25) is 5.43 Å². The number of hydrogen-bond acceptors (Lipinski definition) is 3. The van der Waals surface area contributed by atoms with Gasteiger partial charge in [0.05, 0.1) is 16.5 Å². The van der Waals surface area contributed by atoms with Gasteiger partial charge in [0.1, 0.15) is 0 Å². The standard InChI is InChI=1S/C20H14N2O2/c1-12-8-18-16(10-21-12)20(24)17(11-22-18)19(23)15-7-6-13-4-2-3-5-14(13)9-15/h2-11H,1H3,(H,22,24). The third kappa shape index (κ3) is 2.29. The van der Waals surface area contributed by atoms with Crippen LogP contribution in [-0.2, 0) is 0 Å². The van der Waals surface area contributed by atoms with E-state index in [1.165, 1.54) is 12.4 Å². The monoisotopic (exact) mass is 314 g/mol. The number of hydrogen-bond donors (Lipinski definition) is 1. The maximum atomic E-state index is 12.8. The van der Waals surface area contributed by atoms with Crippen LogP contribution in [-0.4, -0.2) is 15.8 Å². The van der Waals surface area contributed by atoms with Gasteiger partial charge in [-0.25, -0.2) is 0 Å². The number of pyridine rings is 2. The number of aromatic nitrogens is 2. The third-order valence-electron chi connectivity index (χ3n) is 4.16. The van der Waals surface area contributed by atoms with Crippen LogP contribution in [0.5, 0.6) is 0 Å². The highest BCUT2D eigenvalue weighted by Gasteiger charge is 2.15. The van der Waals surface area contributed by atoms with Crippen molar-refractivity contribution in [3.8, 4) is 0 Å². The largest absolute Gasteiger partial charge is 0.360 e. The average molecular weight is 314 g/mol. The highest BCUT2D eigenvalue weighted by molar-refractivity contribution is 6.11. The van der Waals surface area contributed by atoms with Crippen LogP contribution in [0.2, 0.25) is 0 Å². The van der Waals surface area contributed by atoms with Gasteiger partial charge in [0.15, 0.2) is 5.78 Å². The Morgan fingerprint density at radius 3 is 2.67 bits per heavy atom. The minimum Gasteiger partial charge on any atom is -0.360 e. The Balaban J connectivity index is 1.86. The van der Waals surface area contributed by atoms with Gasteiger partial charge >= 0.3 is 0 Å². The summed E-state index contributed by atoms with van der Waals surface area (Å²) in [6.07, 6.45) is 3.00. The summed E-state index contributed by atoms with van der Waals surface area (Å²) in [6, 6.07) is 15.1. The van der Waals surface area contributed by atoms with E-state index in [9.17, 15) is 9.59 Å². The van der Waals surface area contributed by atoms with Crippen LogP contribution in [0.1, 0.15) is 21.6 Å². The molecular formula is C20H14N2O2. The van der Waals surface area contributed by atoms with Gasteiger partial charge in [-0.1, -0.05) is 36.4 Å². The number of nitrogens with zero attached hydrogens (tertiary/aromatic N) is 1. The smallest absolute Gasteiger partial charge is 0.202 e. The highest BCUT2D eigenvalue weighted by atomic mass is 16.1. The van der Waals surface area contributed by atoms with E-state index in [-0.39, 0.29) is 16.8 Å². The number of carbonyl (C=O) groups excluding carboxylic acids is 1. The summed E-state index contributed by atoms with van der Waals surface area (Å²) in [4.78, 5) is 32.6. The van der Waals surface area contributed by atoms with Crippen LogP contribution >= 0.6 is 0 Å². The first-order valence-corrected chi connectivity index (χ1v) is 7.65. The molecule has 0 saturated carbocycles. The summed E-state index contributed by atoms with van der Waals surface area (Å²) in [5.41, 5.74) is 1.82. The SMILES string of the molecule is Cc1cc2[nH]cc(C(=O)c3ccc4ccccc4c3)c(=O)c2cn1. The molecule has 4 rings (SSSR count). The molecule has 0 radical (unpaired) electrons. The number of aromatic amines is 1. The second-order valence-electron chi connectivity index (χ2n) is 5.79. The van der Waals surface area contributed by atoms with Crippen molar-refractivity contribution in [2.75, 3.05) is 0 Å². The minimum atomic E-state index is -0.297. The first-order chi connectivity index (χ1) is 11.6. The molecule has 0 atom stereocenters. The number of benzene rings is 2. The summed E-state index contributed by atoms with van der Waals surface area (Å²) in [5, 5.41) is 2.45. The van der Waals surface area contributed by atoms with Crippen LogP contribution in [0.25, 0.3) is 21.7 Å². The molecule has 0 aliphatic rings. The van der Waals surface area contributed by atoms with Crippen molar-refractivity contribution >= 4 is 27.5 Å². The van der Waals surface area contributed by atoms with E-state index in [1.54, 1.807) is 12.1 Å². The number of rotatable bonds is 2. The van der Waals surface area contributed by atoms with E-state index in [2.05, 4.69) is 9.97 Å². The maximum absolute atomic E-state index is 12.8. The fraction of sp³-hybridized carbons (Fsp3) is 0.0500. The van der Waals surface area contributed by atoms with Crippen molar-refractivity contribution in [1.82, 2.24) is 9.97 Å². The third-order valence-corrected chi connectivity index (χ3v) is 4.16. The lowest BCUT2D eigenvalue weighted by atomic mass is 10.00. The lowest BCUT2D eigenvalue weighted by Gasteiger charge is -2.05. The number of H-pyrrole nitrogens is 1. The average Bonchev–Trinajstić information content (AvgIpc) is 2.61. The fourth-order valence-electron chi connectivity index (χ4n) is 2.88. The first kappa shape index (κ1) is 14.3. The molecule has 0 spiro atoms. The quantitative estimate of drug-likeness (QED) is 0.575. The second-order valence-corrected chi connectivity index (χ2v) is 5.79. The molecule has 0 aliphatic carbocycles. The topological polar surface area (TPSA) is 62.8 Å². The zero-order valence-corrected chi connectivity index (χ0v) is 13.0. The van der Waals surface area contributed by atoms with E-state index in [4.69, 9.17) is 0 Å². The molecule has 2 aromatic heterocycles. The van der Waals surface area contributed by atoms with Gasteiger partial charge in [0.25, 0.3) is 0 Å². The molecule has 4 aromatic rings. The molecule has 0 amide bonds. The molecule has 116 valence electrons. The molecule has 24 heavy (non-hydrogen) atoms. The Labute approximate surface area is 137 Å². The van der Waals surface area contributed by atoms with E-state index in [0.717, 1.165) is 16.5 Å². The lowest BCUT2D eigenvalue weighted by Crippen LogP contribution is -2.17. The lowest BCUT2D eigenvalue weighted by molar-refractivity contribution is 0.103. The van der Waals surface area contributed by atoms with E-state index in [0.29, 0.717) is 16.5 Å².